The van der Waals surface area contributed by atoms with Gasteiger partial charge in [-0.25, -0.2) is 0 Å². The Hall–Kier alpha value is -1.58. The molecular weight excluding hydrogens is 322 g/mol. The summed E-state index contributed by atoms with van der Waals surface area (Å²) in [7, 11) is 0. The van der Waals surface area contributed by atoms with E-state index in [-0.39, 0.29) is 0 Å². The predicted molar refractivity (Wildman–Crippen MR) is 101 cm³/mol. The minimum absolute atomic E-state index is 0.424. The van der Waals surface area contributed by atoms with Crippen LogP contribution in [0.2, 0.25) is 0 Å². The van der Waals surface area contributed by atoms with Gasteiger partial charge in [0.15, 0.2) is 5.76 Å². The van der Waals surface area contributed by atoms with Crippen LogP contribution < -0.4 is 5.32 Å². The molecule has 0 spiro atoms. The van der Waals surface area contributed by atoms with E-state index in [1.807, 2.05) is 24.3 Å². The highest BCUT2D eigenvalue weighted by atomic mass is 16.3. The van der Waals surface area contributed by atoms with E-state index in [9.17, 15) is 5.11 Å². The third-order valence-corrected chi connectivity index (χ3v) is 7.23. The van der Waals surface area contributed by atoms with Crippen molar-refractivity contribution in [1.29, 1.82) is 0 Å². The monoisotopic (exact) mass is 352 g/mol. The fourth-order valence-corrected chi connectivity index (χ4v) is 6.17. The zero-order chi connectivity index (χ0) is 17.7. The quantitative estimate of drug-likeness (QED) is 0.858. The van der Waals surface area contributed by atoms with Crippen molar-refractivity contribution in [2.75, 3.05) is 0 Å². The first kappa shape index (κ1) is 16.6. The first-order valence-electron chi connectivity index (χ1n) is 10.4. The van der Waals surface area contributed by atoms with E-state index in [2.05, 4.69) is 17.4 Å². The second-order valence-corrected chi connectivity index (χ2v) is 9.01. The van der Waals surface area contributed by atoms with Crippen molar-refractivity contribution in [3.05, 3.63) is 47.7 Å². The fourth-order valence-electron chi connectivity index (χ4n) is 6.17. The number of nitrogens with two attached hydrogens (primary N) is 1. The van der Waals surface area contributed by atoms with Gasteiger partial charge >= 0.3 is 0 Å². The Labute approximate surface area is 155 Å². The molecule has 0 aliphatic heterocycles. The molecule has 1 aromatic carbocycles. The Morgan fingerprint density at radius 1 is 0.962 bits per heavy atom. The lowest BCUT2D eigenvalue weighted by Crippen LogP contribution is -2.93. The summed E-state index contributed by atoms with van der Waals surface area (Å²) < 4.78 is 6.12. The summed E-state index contributed by atoms with van der Waals surface area (Å²) in [5.74, 6) is 6.00. The molecule has 1 atom stereocenters. The molecule has 1 aromatic heterocycles. The largest absolute Gasteiger partial charge is 0.455 e. The molecule has 4 aliphatic carbocycles. The molecule has 6 rings (SSSR count). The number of aliphatic hydroxyl groups excluding tert-OH is 1. The van der Waals surface area contributed by atoms with Crippen molar-refractivity contribution in [3.63, 3.8) is 0 Å². The van der Waals surface area contributed by atoms with Gasteiger partial charge in [0.2, 0.25) is 0 Å². The fraction of sp³-hybridized carbons (Fsp3) is 0.565. The second-order valence-electron chi connectivity index (χ2n) is 9.01. The SMILES string of the molecule is C[C@H](O)c1ccc(-c2ccc(C[NH2+]C3C4CC5CC(C4)CC3C5)o2)cc1. The van der Waals surface area contributed by atoms with Gasteiger partial charge in [0, 0.05) is 17.4 Å². The van der Waals surface area contributed by atoms with Crippen LogP contribution >= 0.6 is 0 Å². The number of aliphatic hydroxyl groups is 1. The van der Waals surface area contributed by atoms with E-state index >= 15 is 0 Å². The zero-order valence-corrected chi connectivity index (χ0v) is 15.6. The molecule has 3 nitrogen and oxygen atoms in total. The lowest BCUT2D eigenvalue weighted by atomic mass is 9.54. The van der Waals surface area contributed by atoms with E-state index in [4.69, 9.17) is 4.42 Å². The van der Waals surface area contributed by atoms with Gasteiger partial charge in [-0.1, -0.05) is 24.3 Å². The Balaban J connectivity index is 1.23. The Morgan fingerprint density at radius 2 is 1.62 bits per heavy atom. The maximum absolute atomic E-state index is 9.64. The van der Waals surface area contributed by atoms with Crippen LogP contribution in [-0.4, -0.2) is 11.1 Å². The Kier molecular flexibility index (Phi) is 4.17. The third kappa shape index (κ3) is 3.01. The number of hydrogen-bond acceptors (Lipinski definition) is 2. The van der Waals surface area contributed by atoms with E-state index < -0.39 is 6.10 Å². The maximum atomic E-state index is 9.64. The molecule has 4 bridgehead atoms. The highest BCUT2D eigenvalue weighted by molar-refractivity contribution is 5.58. The van der Waals surface area contributed by atoms with Gasteiger partial charge in [0.25, 0.3) is 0 Å². The van der Waals surface area contributed by atoms with Gasteiger partial charge in [0.05, 0.1) is 12.1 Å². The van der Waals surface area contributed by atoms with Crippen molar-refractivity contribution in [1.82, 2.24) is 0 Å². The Bertz CT molecular complexity index is 733. The molecule has 3 heteroatoms. The van der Waals surface area contributed by atoms with Crippen LogP contribution in [-0.2, 0) is 6.54 Å². The summed E-state index contributed by atoms with van der Waals surface area (Å²) in [6.07, 6.45) is 7.02. The summed E-state index contributed by atoms with van der Waals surface area (Å²) in [6, 6.07) is 13.0. The zero-order valence-electron chi connectivity index (χ0n) is 15.6. The van der Waals surface area contributed by atoms with E-state index in [0.717, 1.165) is 58.9 Å². The average molecular weight is 352 g/mol. The van der Waals surface area contributed by atoms with Crippen LogP contribution in [0.15, 0.2) is 40.8 Å². The number of quaternary nitrogens is 1. The molecule has 4 saturated carbocycles. The highest BCUT2D eigenvalue weighted by Crippen LogP contribution is 2.52. The third-order valence-electron chi connectivity index (χ3n) is 7.23. The van der Waals surface area contributed by atoms with Gasteiger partial charge < -0.3 is 14.8 Å². The minimum Gasteiger partial charge on any atom is -0.455 e. The first-order chi connectivity index (χ1) is 12.7. The molecule has 0 unspecified atom stereocenters. The molecule has 1 heterocycles. The number of furan rings is 1. The van der Waals surface area contributed by atoms with Crippen molar-refractivity contribution in [2.45, 2.75) is 57.7 Å². The molecule has 2 aromatic rings. The Morgan fingerprint density at radius 3 is 2.23 bits per heavy atom. The van der Waals surface area contributed by atoms with Gasteiger partial charge in [-0.2, -0.15) is 0 Å². The molecule has 4 aliphatic rings. The van der Waals surface area contributed by atoms with E-state index in [1.165, 1.54) is 32.1 Å². The van der Waals surface area contributed by atoms with Gasteiger partial charge in [0.1, 0.15) is 12.3 Å². The maximum Gasteiger partial charge on any atom is 0.158 e. The molecule has 0 radical (unpaired) electrons. The summed E-state index contributed by atoms with van der Waals surface area (Å²) >= 11 is 0. The summed E-state index contributed by atoms with van der Waals surface area (Å²) in [4.78, 5) is 0. The highest BCUT2D eigenvalue weighted by Gasteiger charge is 2.50. The predicted octanol–water partition coefficient (Wildman–Crippen LogP) is 3.89. The van der Waals surface area contributed by atoms with Gasteiger partial charge in [-0.05, 0) is 68.6 Å². The van der Waals surface area contributed by atoms with E-state index in [0.29, 0.717) is 0 Å². The van der Waals surface area contributed by atoms with Crippen LogP contribution in [0.4, 0.5) is 0 Å². The molecular formula is C23H30NO2+. The van der Waals surface area contributed by atoms with Crippen LogP contribution in [0.1, 0.15) is 56.5 Å². The minimum atomic E-state index is -0.424. The average Bonchev–Trinajstić information content (AvgIpc) is 3.09. The normalized spacial score (nSPS) is 33.5. The topological polar surface area (TPSA) is 50.0 Å². The first-order valence-corrected chi connectivity index (χ1v) is 10.4. The van der Waals surface area contributed by atoms with Crippen molar-refractivity contribution in [2.24, 2.45) is 23.7 Å². The molecule has 138 valence electrons. The summed E-state index contributed by atoms with van der Waals surface area (Å²) in [6.45, 7) is 2.75. The second kappa shape index (κ2) is 6.54. The van der Waals surface area contributed by atoms with Crippen molar-refractivity contribution < 1.29 is 14.8 Å². The number of benzene rings is 1. The summed E-state index contributed by atoms with van der Waals surface area (Å²) in [5.41, 5.74) is 2.02. The standard InChI is InChI=1S/C23H29NO2/c1-14(25)17-2-4-18(5-3-17)22-7-6-21(26-22)13-24-23-19-9-15-8-16(11-19)12-20(23)10-15/h2-7,14-16,19-20,23-25H,8-13H2,1H3/p+1/t14-,15?,16?,19?,20?,23?/m0/s1. The molecule has 4 fully saturated rings. The molecule has 0 saturated heterocycles. The van der Waals surface area contributed by atoms with Crippen LogP contribution in [0.25, 0.3) is 11.3 Å². The van der Waals surface area contributed by atoms with E-state index in [1.54, 1.807) is 6.92 Å². The number of hydrogen-bond donors (Lipinski definition) is 2. The smallest absolute Gasteiger partial charge is 0.158 e. The lowest BCUT2D eigenvalue weighted by Gasteiger charge is -2.52. The van der Waals surface area contributed by atoms with Crippen molar-refractivity contribution >= 4 is 0 Å². The van der Waals surface area contributed by atoms with Crippen molar-refractivity contribution in [3.8, 4) is 11.3 Å². The summed E-state index contributed by atoms with van der Waals surface area (Å²) in [5, 5.41) is 12.2. The molecule has 0 amide bonds. The van der Waals surface area contributed by atoms with Gasteiger partial charge in [-0.3, -0.25) is 0 Å². The molecule has 26 heavy (non-hydrogen) atoms. The van der Waals surface area contributed by atoms with Crippen LogP contribution in [0.5, 0.6) is 0 Å². The van der Waals surface area contributed by atoms with Gasteiger partial charge in [-0.15, -0.1) is 0 Å². The van der Waals surface area contributed by atoms with Crippen LogP contribution in [0.3, 0.4) is 0 Å². The number of rotatable bonds is 5. The van der Waals surface area contributed by atoms with Crippen LogP contribution in [0, 0.1) is 23.7 Å². The lowest BCUT2D eigenvalue weighted by molar-refractivity contribution is -0.724. The molecule has 3 N–H and O–H groups in total.